The molecule has 5 atom stereocenters. The summed E-state index contributed by atoms with van der Waals surface area (Å²) in [5.41, 5.74) is 1.11. The highest BCUT2D eigenvalue weighted by Gasteiger charge is 2.40. The Morgan fingerprint density at radius 3 is 1.49 bits per heavy atom. The molecule has 25 nitrogen and oxygen atoms in total. The second-order valence-corrected chi connectivity index (χ2v) is 16.2. The Morgan fingerprint density at radius 2 is 1.08 bits per heavy atom. The molecule has 0 saturated carbocycles. The van der Waals surface area contributed by atoms with E-state index in [2.05, 4.69) is 21.3 Å². The van der Waals surface area contributed by atoms with Gasteiger partial charge in [0.15, 0.2) is 0 Å². The number of carbonyl (C=O) groups is 13. The molecule has 3 aromatic rings. The van der Waals surface area contributed by atoms with Crippen molar-refractivity contribution in [2.24, 2.45) is 0 Å². The summed E-state index contributed by atoms with van der Waals surface area (Å²) in [4.78, 5) is 164. The third-order valence-corrected chi connectivity index (χ3v) is 11.0. The van der Waals surface area contributed by atoms with E-state index in [1.165, 1.54) is 47.9 Å². The van der Waals surface area contributed by atoms with E-state index < -0.39 is 121 Å². The number of ketones is 1. The van der Waals surface area contributed by atoms with Crippen molar-refractivity contribution < 1.29 is 82.0 Å². The molecule has 0 radical (unpaired) electrons. The number of anilines is 4. The maximum absolute atomic E-state index is 13.6. The van der Waals surface area contributed by atoms with Crippen LogP contribution in [0.15, 0.2) is 78.9 Å². The Bertz CT molecular complexity index is 2600. The molecule has 6 N–H and O–H groups in total. The minimum atomic E-state index is -1.40. The van der Waals surface area contributed by atoms with Crippen molar-refractivity contribution in [3.8, 4) is 0 Å². The number of carboxylic acid groups (broad SMARTS) is 2. The maximum Gasteiger partial charge on any atom is 0.408 e. The number of fused-ring (bicyclic) bond motifs is 2. The van der Waals surface area contributed by atoms with Crippen LogP contribution in [0.1, 0.15) is 43.5 Å². The highest BCUT2D eigenvalue weighted by atomic mass is 16.6. The van der Waals surface area contributed by atoms with Crippen LogP contribution >= 0.6 is 0 Å². The van der Waals surface area contributed by atoms with Gasteiger partial charge in [-0.05, 0) is 24.3 Å². The van der Waals surface area contributed by atoms with Gasteiger partial charge in [-0.25, -0.2) is 4.79 Å². The van der Waals surface area contributed by atoms with E-state index in [4.69, 9.17) is 19.7 Å². The van der Waals surface area contributed by atoms with Gasteiger partial charge in [0, 0.05) is 25.8 Å². The summed E-state index contributed by atoms with van der Waals surface area (Å²) in [6.45, 7) is 1.48. The number of nitrogens with zero attached hydrogens (tertiary/aromatic N) is 4. The Morgan fingerprint density at radius 1 is 0.653 bits per heavy atom. The van der Waals surface area contributed by atoms with Gasteiger partial charge < -0.3 is 60.3 Å². The first-order valence-electron chi connectivity index (χ1n) is 22.1. The van der Waals surface area contributed by atoms with Crippen LogP contribution in [-0.4, -0.2) is 158 Å². The molecule has 3 aliphatic heterocycles. The number of Topliss-reactive ketones (excluding diaryl/α,β-unsaturated/α-hetero) is 1. The molecule has 3 aromatic carbocycles. The minimum Gasteiger partial charge on any atom is -0.481 e. The Kier molecular flexibility index (Phi) is 18.9. The summed E-state index contributed by atoms with van der Waals surface area (Å²) in [5.74, 6) is -8.55. The van der Waals surface area contributed by atoms with Gasteiger partial charge in [-0.3, -0.25) is 57.7 Å². The van der Waals surface area contributed by atoms with Gasteiger partial charge in [-0.1, -0.05) is 54.6 Å². The number of carbonyl (C=O) groups excluding carboxylic acids is 11. The van der Waals surface area contributed by atoms with Crippen LogP contribution in [-0.2, 0) is 62.2 Å². The SMILES string of the molecule is CC(=O)N1C[C@H](NC(=O)C(=O)c2ccccc2)C(=O)N(CC(=O)N[C@H](C=O)CC(=O)O)c2ccccc21.CC(=O)N1C[C@H](NC(=O)OC2CCOC2)C(=O)N(CC(=O)N[C@H](C=O)CC(=O)O)c2ccccc21. The average molecular weight is 999 g/mol. The quantitative estimate of drug-likeness (QED) is 0.0555. The number of hydrogen-bond acceptors (Lipinski definition) is 15. The fraction of sp³-hybridized carbons (Fsp3) is 0.340. The van der Waals surface area contributed by atoms with Crippen molar-refractivity contribution in [2.45, 2.75) is 63.4 Å². The van der Waals surface area contributed by atoms with Crippen LogP contribution in [0.5, 0.6) is 0 Å². The molecule has 3 heterocycles. The zero-order valence-electron chi connectivity index (χ0n) is 38.7. The fourth-order valence-electron chi connectivity index (χ4n) is 7.62. The molecule has 0 aromatic heterocycles. The van der Waals surface area contributed by atoms with E-state index in [-0.39, 0.29) is 54.9 Å². The van der Waals surface area contributed by atoms with Crippen LogP contribution in [0.3, 0.4) is 0 Å². The third kappa shape index (κ3) is 14.3. The number of aldehydes is 2. The fourth-order valence-corrected chi connectivity index (χ4v) is 7.62. The molecule has 1 fully saturated rings. The highest BCUT2D eigenvalue weighted by molar-refractivity contribution is 6.43. The van der Waals surface area contributed by atoms with E-state index >= 15 is 0 Å². The molecule has 72 heavy (non-hydrogen) atoms. The van der Waals surface area contributed by atoms with E-state index in [1.807, 2.05) is 0 Å². The lowest BCUT2D eigenvalue weighted by Crippen LogP contribution is -2.55. The number of ether oxygens (including phenoxy) is 2. The van der Waals surface area contributed by atoms with Crippen molar-refractivity contribution in [2.75, 3.05) is 59.0 Å². The number of carboxylic acids is 2. The zero-order valence-corrected chi connectivity index (χ0v) is 38.7. The standard InChI is InChI=1S/C25H24N4O8.C22H26N4O9/c1-15(31)28-12-18(27-24(36)23(35)16-7-3-2-4-8-16)25(37)29(20-10-6-5-9-19(20)28)13-21(32)26-17(14-30)11-22(33)34;1-13(28)25-9-16(24-22(33)35-15-6-7-34-12-15)21(32)26(18-5-3-2-4-17(18)25)10-19(29)23-14(11-27)8-20(30)31/h2-10,14,17-18H,11-13H2,1H3,(H,26,32)(H,27,36)(H,33,34);2-5,11,14-16H,6-10,12H2,1H3,(H,23,29)(H,24,33)(H,30,31)/t17-,18-;14-,15?,16-/m00/s1. The summed E-state index contributed by atoms with van der Waals surface area (Å²) in [6.07, 6.45) is -1.56. The van der Waals surface area contributed by atoms with Crippen LogP contribution in [0.4, 0.5) is 27.5 Å². The summed E-state index contributed by atoms with van der Waals surface area (Å²) >= 11 is 0. The molecular weight excluding hydrogens is 949 g/mol. The molecule has 0 spiro atoms. The van der Waals surface area contributed by atoms with Crippen LogP contribution in [0, 0.1) is 0 Å². The number of alkyl carbamates (subject to hydrolysis) is 1. The third-order valence-electron chi connectivity index (χ3n) is 11.0. The van der Waals surface area contributed by atoms with Gasteiger partial charge in [0.1, 0.15) is 43.8 Å². The predicted molar refractivity (Wildman–Crippen MR) is 249 cm³/mol. The minimum absolute atomic E-state index is 0.0994. The molecule has 25 heteroatoms. The molecule has 1 unspecified atom stereocenters. The maximum atomic E-state index is 13.6. The second kappa shape index (κ2) is 25.1. The van der Waals surface area contributed by atoms with Gasteiger partial charge in [-0.15, -0.1) is 0 Å². The van der Waals surface area contributed by atoms with Crippen LogP contribution in [0.2, 0.25) is 0 Å². The van der Waals surface area contributed by atoms with Crippen molar-refractivity contribution in [1.29, 1.82) is 0 Å². The normalized spacial score (nSPS) is 17.9. The first-order valence-corrected chi connectivity index (χ1v) is 22.1. The molecule has 0 aliphatic carbocycles. The Hall–Kier alpha value is -8.87. The second-order valence-electron chi connectivity index (χ2n) is 16.2. The number of para-hydroxylation sites is 4. The largest absolute Gasteiger partial charge is 0.481 e. The van der Waals surface area contributed by atoms with E-state index in [9.17, 15) is 62.3 Å². The highest BCUT2D eigenvalue weighted by Crippen LogP contribution is 2.34. The predicted octanol–water partition coefficient (Wildman–Crippen LogP) is -0.660. The van der Waals surface area contributed by atoms with Crippen molar-refractivity contribution in [3.05, 3.63) is 84.4 Å². The molecule has 380 valence electrons. The number of amides is 8. The van der Waals surface area contributed by atoms with Gasteiger partial charge in [0.05, 0.1) is 74.0 Å². The van der Waals surface area contributed by atoms with Crippen molar-refractivity contribution in [1.82, 2.24) is 21.3 Å². The number of aliphatic carboxylic acids is 2. The van der Waals surface area contributed by atoms with Crippen LogP contribution < -0.4 is 40.9 Å². The van der Waals surface area contributed by atoms with Gasteiger partial charge in [0.25, 0.3) is 17.7 Å². The molecular formula is C47H50N8O17. The summed E-state index contributed by atoms with van der Waals surface area (Å²) in [6, 6.07) is 15.0. The monoisotopic (exact) mass is 998 g/mol. The molecule has 6 rings (SSSR count). The number of rotatable bonds is 17. The summed E-state index contributed by atoms with van der Waals surface area (Å²) in [5, 5.41) is 27.1. The van der Waals surface area contributed by atoms with Crippen molar-refractivity contribution >= 4 is 100 Å². The van der Waals surface area contributed by atoms with Gasteiger partial charge in [0.2, 0.25) is 29.4 Å². The smallest absolute Gasteiger partial charge is 0.408 e. The first kappa shape index (κ1) is 54.1. The molecule has 0 bridgehead atoms. The lowest BCUT2D eigenvalue weighted by atomic mass is 10.1. The first-order chi connectivity index (χ1) is 34.3. The van der Waals surface area contributed by atoms with E-state index in [0.29, 0.717) is 18.7 Å². The topological polar surface area (TPSA) is 342 Å². The summed E-state index contributed by atoms with van der Waals surface area (Å²) < 4.78 is 10.4. The number of benzene rings is 3. The summed E-state index contributed by atoms with van der Waals surface area (Å²) in [7, 11) is 0. The molecule has 3 aliphatic rings. The van der Waals surface area contributed by atoms with Gasteiger partial charge in [-0.2, -0.15) is 0 Å². The molecule has 8 amide bonds. The van der Waals surface area contributed by atoms with Crippen LogP contribution in [0.25, 0.3) is 0 Å². The van der Waals surface area contributed by atoms with Crippen molar-refractivity contribution in [3.63, 3.8) is 0 Å². The number of nitrogens with one attached hydrogen (secondary N) is 4. The lowest BCUT2D eigenvalue weighted by molar-refractivity contribution is -0.139. The molecule has 1 saturated heterocycles. The Balaban J connectivity index is 0.000000268. The van der Waals surface area contributed by atoms with E-state index in [0.717, 1.165) is 9.80 Å². The lowest BCUT2D eigenvalue weighted by Gasteiger charge is -2.25. The Labute approximate surface area is 409 Å². The average Bonchev–Trinajstić information content (AvgIpc) is 3.79. The number of hydrogen-bond donors (Lipinski definition) is 6. The zero-order chi connectivity index (χ0) is 52.6. The van der Waals surface area contributed by atoms with E-state index in [1.54, 1.807) is 54.6 Å². The van der Waals surface area contributed by atoms with Gasteiger partial charge >= 0.3 is 18.0 Å².